The molecule has 1 unspecified atom stereocenters. The third-order valence-corrected chi connectivity index (χ3v) is 8.62. The van der Waals surface area contributed by atoms with E-state index in [4.69, 9.17) is 0 Å². The Morgan fingerprint density at radius 2 is 1.97 bits per heavy atom. The Morgan fingerprint density at radius 3 is 2.64 bits per heavy atom. The maximum absolute atomic E-state index is 13.1. The van der Waals surface area contributed by atoms with Crippen molar-refractivity contribution in [2.75, 3.05) is 18.8 Å². The molecule has 1 aromatic carbocycles. The van der Waals surface area contributed by atoms with Gasteiger partial charge in [0, 0.05) is 11.2 Å². The lowest BCUT2D eigenvalue weighted by atomic mass is 10.0. The minimum Gasteiger partial charge on any atom is -0.344 e. The van der Waals surface area contributed by atoms with E-state index >= 15 is 0 Å². The van der Waals surface area contributed by atoms with Gasteiger partial charge < -0.3 is 10.6 Å². The van der Waals surface area contributed by atoms with Crippen LogP contribution in [0.15, 0.2) is 30.3 Å². The van der Waals surface area contributed by atoms with Crippen LogP contribution in [-0.2, 0) is 19.6 Å². The summed E-state index contributed by atoms with van der Waals surface area (Å²) in [6.45, 7) is 5.46. The highest BCUT2D eigenvalue weighted by molar-refractivity contribution is 7.89. The van der Waals surface area contributed by atoms with Crippen LogP contribution in [0.4, 0.5) is 0 Å². The van der Waals surface area contributed by atoms with E-state index in [0.717, 1.165) is 10.1 Å². The average molecular weight is 494 g/mol. The van der Waals surface area contributed by atoms with Gasteiger partial charge in [0.2, 0.25) is 15.9 Å². The van der Waals surface area contributed by atoms with Crippen LogP contribution in [0.25, 0.3) is 10.1 Å². The lowest BCUT2D eigenvalue weighted by Crippen LogP contribution is -2.52. The number of carbonyl (C=O) groups is 3. The molecule has 3 rings (SSSR count). The summed E-state index contributed by atoms with van der Waals surface area (Å²) in [5, 5.41) is 6.56. The van der Waals surface area contributed by atoms with Gasteiger partial charge in [-0.2, -0.15) is 4.31 Å². The van der Waals surface area contributed by atoms with Gasteiger partial charge >= 0.3 is 0 Å². The van der Waals surface area contributed by atoms with Gasteiger partial charge in [0.05, 0.1) is 23.2 Å². The SMILES string of the molecule is CCS(=O)(=O)N1CCC[C@H](NC(=O)C(CC(C)C)NC(=O)c2cc3ccccc3s2)C(=O)C1. The van der Waals surface area contributed by atoms with Gasteiger partial charge in [-0.3, -0.25) is 14.4 Å². The maximum Gasteiger partial charge on any atom is 0.262 e. The Bertz CT molecular complexity index is 1090. The molecule has 2 amide bonds. The van der Waals surface area contributed by atoms with Crippen LogP contribution in [-0.4, -0.2) is 61.2 Å². The van der Waals surface area contributed by atoms with Crippen LogP contribution < -0.4 is 10.6 Å². The molecule has 1 aliphatic rings. The zero-order chi connectivity index (χ0) is 24.2. The summed E-state index contributed by atoms with van der Waals surface area (Å²) in [5.41, 5.74) is 0. The number of ketones is 1. The van der Waals surface area contributed by atoms with Crippen molar-refractivity contribution in [3.8, 4) is 0 Å². The Kier molecular flexibility index (Phi) is 8.25. The number of carbonyl (C=O) groups excluding carboxylic acids is 3. The third-order valence-electron chi connectivity index (χ3n) is 5.67. The Balaban J connectivity index is 1.69. The van der Waals surface area contributed by atoms with Gasteiger partial charge in [0.25, 0.3) is 5.91 Å². The van der Waals surface area contributed by atoms with Crippen molar-refractivity contribution < 1.29 is 22.8 Å². The molecule has 2 aromatic rings. The van der Waals surface area contributed by atoms with E-state index < -0.39 is 28.0 Å². The fraction of sp³-hybridized carbons (Fsp3) is 0.522. The van der Waals surface area contributed by atoms with Crippen molar-refractivity contribution in [3.63, 3.8) is 0 Å². The van der Waals surface area contributed by atoms with E-state index in [2.05, 4.69) is 10.6 Å². The van der Waals surface area contributed by atoms with Gasteiger partial charge in [-0.05, 0) is 49.6 Å². The smallest absolute Gasteiger partial charge is 0.262 e. The number of benzene rings is 1. The molecule has 180 valence electrons. The highest BCUT2D eigenvalue weighted by atomic mass is 32.2. The quantitative estimate of drug-likeness (QED) is 0.587. The molecule has 10 heteroatoms. The van der Waals surface area contributed by atoms with Crippen LogP contribution >= 0.6 is 11.3 Å². The standard InChI is InChI=1S/C23H31N3O5S2/c1-4-33(30,31)26-11-7-9-17(19(27)14-26)24-22(28)18(12-15(2)3)25-23(29)21-13-16-8-5-6-10-20(16)32-21/h5-6,8,10,13,15,17-18H,4,7,9,11-12,14H2,1-3H3,(H,24,28)(H,25,29)/t17-,18?/m0/s1. The molecule has 2 heterocycles. The highest BCUT2D eigenvalue weighted by Crippen LogP contribution is 2.25. The first-order chi connectivity index (χ1) is 15.6. The Morgan fingerprint density at radius 1 is 1.24 bits per heavy atom. The van der Waals surface area contributed by atoms with E-state index in [1.165, 1.54) is 15.6 Å². The second-order valence-corrected chi connectivity index (χ2v) is 12.0. The number of nitrogens with zero attached hydrogens (tertiary/aromatic N) is 1. The molecule has 8 nitrogen and oxygen atoms in total. The zero-order valence-corrected chi connectivity index (χ0v) is 20.8. The lowest BCUT2D eigenvalue weighted by Gasteiger charge is -2.23. The number of fused-ring (bicyclic) bond motifs is 1. The summed E-state index contributed by atoms with van der Waals surface area (Å²) < 4.78 is 26.5. The van der Waals surface area contributed by atoms with Crippen molar-refractivity contribution >= 4 is 49.0 Å². The monoisotopic (exact) mass is 493 g/mol. The molecule has 0 radical (unpaired) electrons. The first-order valence-electron chi connectivity index (χ1n) is 11.2. The molecular weight excluding hydrogens is 462 g/mol. The van der Waals surface area contributed by atoms with Gasteiger partial charge in [0.15, 0.2) is 5.78 Å². The van der Waals surface area contributed by atoms with Crippen molar-refractivity contribution in [2.24, 2.45) is 5.92 Å². The second-order valence-electron chi connectivity index (χ2n) is 8.71. The molecule has 33 heavy (non-hydrogen) atoms. The van der Waals surface area contributed by atoms with Crippen LogP contribution in [0.3, 0.4) is 0 Å². The van der Waals surface area contributed by atoms with E-state index in [0.29, 0.717) is 24.1 Å². The number of thiophene rings is 1. The summed E-state index contributed by atoms with van der Waals surface area (Å²) >= 11 is 1.36. The number of nitrogens with one attached hydrogen (secondary N) is 2. The summed E-state index contributed by atoms with van der Waals surface area (Å²) in [6.07, 6.45) is 1.25. The summed E-state index contributed by atoms with van der Waals surface area (Å²) in [7, 11) is -3.48. The molecule has 1 fully saturated rings. The molecule has 1 aliphatic heterocycles. The van der Waals surface area contributed by atoms with E-state index in [1.54, 1.807) is 13.0 Å². The zero-order valence-electron chi connectivity index (χ0n) is 19.2. The molecular formula is C23H31N3O5S2. The fourth-order valence-corrected chi connectivity index (χ4v) is 5.93. The first-order valence-corrected chi connectivity index (χ1v) is 13.6. The molecule has 1 aromatic heterocycles. The predicted octanol–water partition coefficient (Wildman–Crippen LogP) is 2.55. The van der Waals surface area contributed by atoms with Crippen LogP contribution in [0.1, 0.15) is 49.7 Å². The van der Waals surface area contributed by atoms with E-state index in [1.807, 2.05) is 38.1 Å². The maximum atomic E-state index is 13.1. The summed E-state index contributed by atoms with van der Waals surface area (Å²) in [5.74, 6) is -1.03. The van der Waals surface area contributed by atoms with Crippen molar-refractivity contribution in [1.82, 2.24) is 14.9 Å². The molecule has 1 saturated heterocycles. The van der Waals surface area contributed by atoms with Gasteiger partial charge in [-0.25, -0.2) is 8.42 Å². The number of sulfonamides is 1. The molecule has 0 aliphatic carbocycles. The second kappa shape index (κ2) is 10.8. The number of Topliss-reactive ketones (excluding diaryl/α,β-unsaturated/α-hetero) is 1. The number of rotatable bonds is 8. The molecule has 2 N–H and O–H groups in total. The third kappa shape index (κ3) is 6.39. The minimum atomic E-state index is -3.48. The average Bonchev–Trinajstić information content (AvgIpc) is 3.12. The minimum absolute atomic E-state index is 0.0719. The lowest BCUT2D eigenvalue weighted by molar-refractivity contribution is -0.129. The van der Waals surface area contributed by atoms with Crippen molar-refractivity contribution in [1.29, 1.82) is 0 Å². The number of hydrogen-bond acceptors (Lipinski definition) is 6. The largest absolute Gasteiger partial charge is 0.344 e. The van der Waals surface area contributed by atoms with Crippen molar-refractivity contribution in [2.45, 2.75) is 52.1 Å². The van der Waals surface area contributed by atoms with Gasteiger partial charge in [-0.15, -0.1) is 11.3 Å². The van der Waals surface area contributed by atoms with Crippen LogP contribution in [0.2, 0.25) is 0 Å². The topological polar surface area (TPSA) is 113 Å². The highest BCUT2D eigenvalue weighted by Gasteiger charge is 2.33. The normalized spacial score (nSPS) is 18.8. The predicted molar refractivity (Wildman–Crippen MR) is 130 cm³/mol. The Labute approximate surface area is 198 Å². The van der Waals surface area contributed by atoms with Crippen molar-refractivity contribution in [3.05, 3.63) is 35.2 Å². The molecule has 0 saturated carbocycles. The summed E-state index contributed by atoms with van der Waals surface area (Å²) in [6, 6.07) is 7.92. The van der Waals surface area contributed by atoms with E-state index in [-0.39, 0.29) is 36.5 Å². The first kappa shape index (κ1) is 25.3. The van der Waals surface area contributed by atoms with Gasteiger partial charge in [-0.1, -0.05) is 32.0 Å². The Hall–Kier alpha value is -2.30. The number of hydrogen-bond donors (Lipinski definition) is 2. The van der Waals surface area contributed by atoms with Crippen LogP contribution in [0.5, 0.6) is 0 Å². The molecule has 0 spiro atoms. The molecule has 0 bridgehead atoms. The summed E-state index contributed by atoms with van der Waals surface area (Å²) in [4.78, 5) is 39.2. The van der Waals surface area contributed by atoms with Gasteiger partial charge in [0.1, 0.15) is 6.04 Å². The van der Waals surface area contributed by atoms with Crippen LogP contribution in [0, 0.1) is 5.92 Å². The van der Waals surface area contributed by atoms with E-state index in [9.17, 15) is 22.8 Å². The fourth-order valence-electron chi connectivity index (χ4n) is 3.87. The number of amides is 2. The molecule has 2 atom stereocenters.